The molecule has 1 saturated carbocycles. The zero-order valence-corrected chi connectivity index (χ0v) is 9.67. The van der Waals surface area contributed by atoms with Gasteiger partial charge in [-0.1, -0.05) is 12.1 Å². The molecule has 0 amide bonds. The fourth-order valence-electron chi connectivity index (χ4n) is 1.73. The molecule has 1 heterocycles. The van der Waals surface area contributed by atoms with Crippen molar-refractivity contribution in [3.63, 3.8) is 0 Å². The number of aromatic nitrogens is 2. The molecule has 1 aromatic heterocycles. The van der Waals surface area contributed by atoms with E-state index in [-0.39, 0.29) is 5.82 Å². The van der Waals surface area contributed by atoms with E-state index in [4.69, 9.17) is 9.84 Å². The lowest BCUT2D eigenvalue weighted by atomic mass is 10.2. The molecule has 1 aromatic carbocycles. The topological polar surface area (TPSA) is 72.3 Å². The van der Waals surface area contributed by atoms with Crippen molar-refractivity contribution < 1.29 is 14.6 Å². The molecule has 0 saturated heterocycles. The minimum atomic E-state index is -1.14. The lowest BCUT2D eigenvalue weighted by molar-refractivity contribution is 0.0682. The van der Waals surface area contributed by atoms with Crippen molar-refractivity contribution in [2.45, 2.75) is 12.8 Å². The Kier molecular flexibility index (Phi) is 2.59. The van der Waals surface area contributed by atoms with Crippen LogP contribution in [0.25, 0.3) is 10.9 Å². The Morgan fingerprint density at radius 2 is 2.11 bits per heavy atom. The number of carboxylic acids is 1. The number of para-hydroxylation sites is 1. The highest BCUT2D eigenvalue weighted by Gasteiger charge is 2.23. The lowest BCUT2D eigenvalue weighted by Crippen LogP contribution is -2.08. The highest BCUT2D eigenvalue weighted by molar-refractivity contribution is 5.89. The molecule has 1 aliphatic carbocycles. The van der Waals surface area contributed by atoms with Gasteiger partial charge in [0.2, 0.25) is 11.7 Å². The summed E-state index contributed by atoms with van der Waals surface area (Å²) in [6, 6.07) is 7.26. The van der Waals surface area contributed by atoms with Gasteiger partial charge in [0, 0.05) is 0 Å². The van der Waals surface area contributed by atoms with Gasteiger partial charge in [-0.3, -0.25) is 0 Å². The van der Waals surface area contributed by atoms with Crippen molar-refractivity contribution >= 4 is 16.9 Å². The standard InChI is InChI=1S/C13H12N2O3/c16-13(17)11-14-10-4-2-1-3-9(10)12(15-11)18-7-8-5-6-8/h1-4,8H,5-7H2,(H,16,17). The van der Waals surface area contributed by atoms with Crippen LogP contribution >= 0.6 is 0 Å². The molecule has 0 bridgehead atoms. The summed E-state index contributed by atoms with van der Waals surface area (Å²) in [4.78, 5) is 18.9. The summed E-state index contributed by atoms with van der Waals surface area (Å²) < 4.78 is 5.62. The first kappa shape index (κ1) is 11.0. The number of fused-ring (bicyclic) bond motifs is 1. The molecule has 1 aliphatic rings. The number of nitrogens with zero attached hydrogens (tertiary/aromatic N) is 2. The van der Waals surface area contributed by atoms with Gasteiger partial charge < -0.3 is 9.84 Å². The fraction of sp³-hybridized carbons (Fsp3) is 0.308. The van der Waals surface area contributed by atoms with Crippen molar-refractivity contribution in [3.8, 4) is 5.88 Å². The minimum absolute atomic E-state index is 0.223. The zero-order chi connectivity index (χ0) is 12.5. The summed E-state index contributed by atoms with van der Waals surface area (Å²) in [6.07, 6.45) is 2.35. The van der Waals surface area contributed by atoms with Gasteiger partial charge in [-0.05, 0) is 30.9 Å². The number of carboxylic acid groups (broad SMARTS) is 1. The third-order valence-corrected chi connectivity index (χ3v) is 2.91. The second-order valence-corrected chi connectivity index (χ2v) is 4.43. The molecule has 18 heavy (non-hydrogen) atoms. The van der Waals surface area contributed by atoms with Crippen LogP contribution in [0.15, 0.2) is 24.3 Å². The molecule has 2 aromatic rings. The van der Waals surface area contributed by atoms with Gasteiger partial charge in [-0.25, -0.2) is 9.78 Å². The maximum atomic E-state index is 11.0. The van der Waals surface area contributed by atoms with Crippen molar-refractivity contribution in [3.05, 3.63) is 30.1 Å². The Labute approximate surface area is 103 Å². The van der Waals surface area contributed by atoms with Gasteiger partial charge in [-0.15, -0.1) is 0 Å². The van der Waals surface area contributed by atoms with Crippen LogP contribution in [0.1, 0.15) is 23.5 Å². The van der Waals surface area contributed by atoms with Gasteiger partial charge in [-0.2, -0.15) is 4.98 Å². The van der Waals surface area contributed by atoms with E-state index in [0.29, 0.717) is 23.9 Å². The van der Waals surface area contributed by atoms with Crippen molar-refractivity contribution in [2.24, 2.45) is 5.92 Å². The SMILES string of the molecule is O=C(O)c1nc(OCC2CC2)c2ccccc2n1. The number of benzene rings is 1. The van der Waals surface area contributed by atoms with Gasteiger partial charge in [0.1, 0.15) is 0 Å². The van der Waals surface area contributed by atoms with E-state index in [2.05, 4.69) is 9.97 Å². The second-order valence-electron chi connectivity index (χ2n) is 4.43. The van der Waals surface area contributed by atoms with Crippen molar-refractivity contribution in [2.75, 3.05) is 6.61 Å². The summed E-state index contributed by atoms with van der Waals surface area (Å²) in [6.45, 7) is 0.597. The molecule has 0 atom stereocenters. The van der Waals surface area contributed by atoms with Gasteiger partial charge >= 0.3 is 5.97 Å². The predicted octanol–water partition coefficient (Wildman–Crippen LogP) is 2.12. The minimum Gasteiger partial charge on any atom is -0.477 e. The second kappa shape index (κ2) is 4.25. The first-order valence-corrected chi connectivity index (χ1v) is 5.87. The normalized spacial score (nSPS) is 14.7. The first-order chi connectivity index (χ1) is 8.74. The van der Waals surface area contributed by atoms with Crippen LogP contribution in [0, 0.1) is 5.92 Å². The molecular formula is C13H12N2O3. The molecule has 0 radical (unpaired) electrons. The van der Waals surface area contributed by atoms with E-state index in [1.807, 2.05) is 18.2 Å². The molecule has 0 unspecified atom stereocenters. The summed E-state index contributed by atoms with van der Waals surface area (Å²) in [5, 5.41) is 9.73. The van der Waals surface area contributed by atoms with E-state index < -0.39 is 5.97 Å². The molecule has 5 heteroatoms. The first-order valence-electron chi connectivity index (χ1n) is 5.87. The summed E-state index contributed by atoms with van der Waals surface area (Å²) in [5.74, 6) is -0.409. The Bertz CT molecular complexity index is 608. The van der Waals surface area contributed by atoms with Crippen LogP contribution in [0.4, 0.5) is 0 Å². The molecule has 1 fully saturated rings. The number of aromatic carboxylic acids is 1. The zero-order valence-electron chi connectivity index (χ0n) is 9.67. The van der Waals surface area contributed by atoms with Crippen molar-refractivity contribution in [1.82, 2.24) is 9.97 Å². The number of carbonyl (C=O) groups is 1. The summed E-state index contributed by atoms with van der Waals surface area (Å²) >= 11 is 0. The van der Waals surface area contributed by atoms with Crippen LogP contribution < -0.4 is 4.74 Å². The lowest BCUT2D eigenvalue weighted by Gasteiger charge is -2.08. The van der Waals surface area contributed by atoms with E-state index in [9.17, 15) is 4.79 Å². The predicted molar refractivity (Wildman–Crippen MR) is 64.7 cm³/mol. The van der Waals surface area contributed by atoms with Crippen LogP contribution in [0.2, 0.25) is 0 Å². The average Bonchev–Trinajstić information content (AvgIpc) is 3.19. The maximum Gasteiger partial charge on any atom is 0.374 e. The van der Waals surface area contributed by atoms with Crippen LogP contribution in [-0.4, -0.2) is 27.7 Å². The quantitative estimate of drug-likeness (QED) is 0.891. The highest BCUT2D eigenvalue weighted by atomic mass is 16.5. The molecule has 3 rings (SSSR count). The van der Waals surface area contributed by atoms with E-state index in [1.165, 1.54) is 12.8 Å². The van der Waals surface area contributed by atoms with Crippen molar-refractivity contribution in [1.29, 1.82) is 0 Å². The molecule has 1 N–H and O–H groups in total. The largest absolute Gasteiger partial charge is 0.477 e. The molecule has 0 spiro atoms. The maximum absolute atomic E-state index is 11.0. The van der Waals surface area contributed by atoms with Gasteiger partial charge in [0.25, 0.3) is 0 Å². The number of hydrogen-bond donors (Lipinski definition) is 1. The smallest absolute Gasteiger partial charge is 0.374 e. The third kappa shape index (κ3) is 2.11. The Morgan fingerprint density at radius 1 is 1.33 bits per heavy atom. The Balaban J connectivity index is 2.03. The monoisotopic (exact) mass is 244 g/mol. The number of ether oxygens (including phenoxy) is 1. The van der Waals surface area contributed by atoms with Crippen LogP contribution in [0.5, 0.6) is 5.88 Å². The van der Waals surface area contributed by atoms with Gasteiger partial charge in [0.05, 0.1) is 17.5 Å². The molecule has 5 nitrogen and oxygen atoms in total. The average molecular weight is 244 g/mol. The Hall–Kier alpha value is -2.17. The van der Waals surface area contributed by atoms with Gasteiger partial charge in [0.15, 0.2) is 0 Å². The van der Waals surface area contributed by atoms with Crippen LogP contribution in [0.3, 0.4) is 0 Å². The highest BCUT2D eigenvalue weighted by Crippen LogP contribution is 2.30. The summed E-state index contributed by atoms with van der Waals surface area (Å²) in [7, 11) is 0. The van der Waals surface area contributed by atoms with E-state index >= 15 is 0 Å². The molecule has 0 aliphatic heterocycles. The Morgan fingerprint density at radius 3 is 2.83 bits per heavy atom. The number of hydrogen-bond acceptors (Lipinski definition) is 4. The third-order valence-electron chi connectivity index (χ3n) is 2.91. The molecular weight excluding hydrogens is 232 g/mol. The van der Waals surface area contributed by atoms with E-state index in [0.717, 1.165) is 5.39 Å². The number of rotatable bonds is 4. The molecule has 92 valence electrons. The van der Waals surface area contributed by atoms with E-state index in [1.54, 1.807) is 6.07 Å². The van der Waals surface area contributed by atoms with Crippen LogP contribution in [-0.2, 0) is 0 Å². The summed E-state index contributed by atoms with van der Waals surface area (Å²) in [5.41, 5.74) is 0.593. The fourth-order valence-corrected chi connectivity index (χ4v) is 1.73.